The average molecular weight is 366 g/mol. The Bertz CT molecular complexity index is 797. The molecule has 25 heavy (non-hydrogen) atoms. The van der Waals surface area contributed by atoms with Crippen LogP contribution in [-0.4, -0.2) is 26.0 Å². The molecule has 1 aliphatic heterocycles. The van der Waals surface area contributed by atoms with Crippen molar-refractivity contribution in [2.45, 2.75) is 46.0 Å². The van der Waals surface area contributed by atoms with E-state index in [-0.39, 0.29) is 23.4 Å². The maximum Gasteiger partial charge on any atom is 0.474 e. The Morgan fingerprint density at radius 2 is 2.12 bits per heavy atom. The summed E-state index contributed by atoms with van der Waals surface area (Å²) in [4.78, 5) is 11.4. The summed E-state index contributed by atoms with van der Waals surface area (Å²) < 4.78 is 24.8. The van der Waals surface area contributed by atoms with Crippen molar-refractivity contribution in [2.75, 3.05) is 10.8 Å². The molecule has 1 unspecified atom stereocenters. The molecule has 1 heterocycles. The molecule has 0 aromatic heterocycles. The number of carbonyl (C=O) groups is 1. The fourth-order valence-corrected chi connectivity index (χ4v) is 3.90. The number of hydrogen-bond acceptors (Lipinski definition) is 4. The molecule has 8 heteroatoms. The van der Waals surface area contributed by atoms with E-state index in [1.807, 2.05) is 18.6 Å². The van der Waals surface area contributed by atoms with Crippen LogP contribution in [0, 0.1) is 16.7 Å². The highest BCUT2D eigenvalue weighted by Crippen LogP contribution is 2.32. The Kier molecular flexibility index (Phi) is 5.58. The van der Waals surface area contributed by atoms with E-state index in [2.05, 4.69) is 6.07 Å². The van der Waals surface area contributed by atoms with Crippen molar-refractivity contribution in [3.05, 3.63) is 23.8 Å². The summed E-state index contributed by atoms with van der Waals surface area (Å²) in [6.45, 7) is 3.59. The molecule has 1 aromatic rings. The van der Waals surface area contributed by atoms with E-state index >= 15 is 0 Å². The average Bonchev–Trinajstić information content (AvgIpc) is 2.81. The van der Waals surface area contributed by atoms with Gasteiger partial charge in [0.25, 0.3) is 5.91 Å². The number of nitrogens with zero attached hydrogens (tertiary/aromatic N) is 2. The van der Waals surface area contributed by atoms with Gasteiger partial charge in [0.1, 0.15) is 18.0 Å². The molecule has 1 aliphatic rings. The number of unbranched alkanes of at least 4 members (excludes halogenated alkanes) is 2. The molecule has 0 saturated carbocycles. The number of phenolic OH excluding ortho intramolecular Hbond substituents is 1. The normalized spacial score (nSPS) is 20.4. The molecule has 1 amide bonds. The highest BCUT2D eigenvalue weighted by Gasteiger charge is 2.40. The van der Waals surface area contributed by atoms with Gasteiger partial charge in [-0.2, -0.15) is 18.5 Å². The molecule has 0 bridgehead atoms. The molecule has 1 fully saturated rings. The van der Waals surface area contributed by atoms with E-state index in [1.54, 1.807) is 12.1 Å². The van der Waals surface area contributed by atoms with Gasteiger partial charge in [0.2, 0.25) is 0 Å². The van der Waals surface area contributed by atoms with Gasteiger partial charge in [0.15, 0.2) is 0 Å². The van der Waals surface area contributed by atoms with Crippen molar-refractivity contribution in [2.24, 2.45) is 5.41 Å². The molecule has 0 spiro atoms. The third kappa shape index (κ3) is 4.86. The number of benzene rings is 1. The molecule has 1 atom stereocenters. The maximum absolute atomic E-state index is 12.0. The van der Waals surface area contributed by atoms with E-state index < -0.39 is 16.1 Å². The van der Waals surface area contributed by atoms with Gasteiger partial charge in [0.05, 0.1) is 11.5 Å². The summed E-state index contributed by atoms with van der Waals surface area (Å²) in [5.74, 6) is -0.699. The van der Waals surface area contributed by atoms with Crippen LogP contribution in [0.5, 0.6) is 5.75 Å². The fraction of sp³-hybridized carbons (Fsp3) is 0.529. The van der Waals surface area contributed by atoms with Crippen LogP contribution in [0.2, 0.25) is 0 Å². The highest BCUT2D eigenvalue weighted by atomic mass is 32.2. The number of phenols is 1. The van der Waals surface area contributed by atoms with Crippen LogP contribution < -0.4 is 9.03 Å². The number of rotatable bonds is 7. The van der Waals surface area contributed by atoms with Gasteiger partial charge < -0.3 is 5.11 Å². The van der Waals surface area contributed by atoms with Crippen LogP contribution >= 0.6 is 0 Å². The second kappa shape index (κ2) is 7.31. The summed E-state index contributed by atoms with van der Waals surface area (Å²) in [6.07, 6.45) is 4.44. The molecule has 0 aliphatic carbocycles. The van der Waals surface area contributed by atoms with Gasteiger partial charge in [-0.1, -0.05) is 18.9 Å². The molecule has 3 N–H and O–H groups in total. The van der Waals surface area contributed by atoms with E-state index in [0.29, 0.717) is 0 Å². The van der Waals surface area contributed by atoms with Crippen molar-refractivity contribution in [3.63, 3.8) is 0 Å². The van der Waals surface area contributed by atoms with Gasteiger partial charge in [-0.3, -0.25) is 4.79 Å². The standard InChI is InChI=1S/C17H23N3O4S/c1-17(2,12-18)9-5-3-4-6-13-7-8-15(21)14(10-13)20-11-16(22)19-25(20,23)24/h7-8,10,21H,3-6,9,11H2,1-2H3,(H,19,22,23,24)/p+1. The number of nitrogens with one attached hydrogen (secondary N) is 1. The first-order valence-corrected chi connectivity index (χ1v) is 9.70. The molecule has 2 rings (SSSR count). The number of carbonyl (C=O) groups excluding carboxylic acids is 1. The third-order valence-electron chi connectivity index (χ3n) is 4.21. The smallest absolute Gasteiger partial charge is 0.474 e. The predicted octanol–water partition coefficient (Wildman–Crippen LogP) is 2.38. The molecule has 136 valence electrons. The van der Waals surface area contributed by atoms with Gasteiger partial charge in [-0.05, 0) is 50.8 Å². The summed E-state index contributed by atoms with van der Waals surface area (Å²) in [5, 5.41) is 19.0. The van der Waals surface area contributed by atoms with E-state index in [4.69, 9.17) is 5.26 Å². The Labute approximate surface area is 148 Å². The molecular formula is C17H24N3O4S+. The Balaban J connectivity index is 1.98. The second-order valence-electron chi connectivity index (χ2n) is 6.94. The maximum atomic E-state index is 12.0. The minimum atomic E-state index is -3.68. The summed E-state index contributed by atoms with van der Waals surface area (Å²) in [5.41, 5.74) is 0.790. The van der Waals surface area contributed by atoms with E-state index in [0.717, 1.165) is 42.0 Å². The van der Waals surface area contributed by atoms with Crippen LogP contribution in [0.4, 0.5) is 5.69 Å². The summed E-state index contributed by atoms with van der Waals surface area (Å²) >= 11 is 0. The third-order valence-corrected chi connectivity index (χ3v) is 5.63. The zero-order valence-corrected chi connectivity index (χ0v) is 15.3. The second-order valence-corrected chi connectivity index (χ2v) is 8.58. The number of hydrogen-bond donors (Lipinski definition) is 2. The Morgan fingerprint density at radius 1 is 1.40 bits per heavy atom. The number of nitriles is 1. The van der Waals surface area contributed by atoms with Gasteiger partial charge in [-0.25, -0.2) is 0 Å². The van der Waals surface area contributed by atoms with Crippen LogP contribution in [0.3, 0.4) is 0 Å². The molecule has 7 nitrogen and oxygen atoms in total. The topological polar surface area (TPSA) is 115 Å². The minimum Gasteiger partial charge on any atom is -0.506 e. The zero-order valence-electron chi connectivity index (χ0n) is 14.5. The lowest BCUT2D eigenvalue weighted by molar-refractivity contribution is -0.117. The Morgan fingerprint density at radius 3 is 2.72 bits per heavy atom. The van der Waals surface area contributed by atoms with Crippen LogP contribution in [-0.2, 0) is 21.4 Å². The minimum absolute atomic E-state index is 0.141. The number of aromatic hydroxyl groups is 1. The molecule has 1 saturated heterocycles. The summed E-state index contributed by atoms with van der Waals surface area (Å²) in [7, 11) is -3.68. The first-order valence-electron chi connectivity index (χ1n) is 8.23. The lowest BCUT2D eigenvalue weighted by Crippen LogP contribution is -2.29. The van der Waals surface area contributed by atoms with Crippen molar-refractivity contribution < 1.29 is 18.3 Å². The quantitative estimate of drug-likeness (QED) is 0.569. The lowest BCUT2D eigenvalue weighted by atomic mass is 9.88. The lowest BCUT2D eigenvalue weighted by Gasteiger charge is -2.15. The van der Waals surface area contributed by atoms with E-state index in [1.165, 1.54) is 6.07 Å². The van der Waals surface area contributed by atoms with Gasteiger partial charge in [0, 0.05) is 0 Å². The largest absolute Gasteiger partial charge is 0.506 e. The van der Waals surface area contributed by atoms with Crippen molar-refractivity contribution >= 4 is 21.8 Å². The molecule has 1 aromatic carbocycles. The van der Waals surface area contributed by atoms with E-state index in [9.17, 15) is 18.3 Å². The first kappa shape index (κ1) is 19.1. The van der Waals surface area contributed by atoms with Crippen molar-refractivity contribution in [1.82, 2.24) is 4.72 Å². The molecular weight excluding hydrogens is 342 g/mol. The van der Waals surface area contributed by atoms with Crippen LogP contribution in [0.15, 0.2) is 18.2 Å². The molecule has 0 radical (unpaired) electrons. The van der Waals surface area contributed by atoms with Crippen LogP contribution in [0.25, 0.3) is 0 Å². The number of amides is 1. The van der Waals surface area contributed by atoms with Crippen LogP contribution in [0.1, 0.15) is 45.1 Å². The van der Waals surface area contributed by atoms with Crippen molar-refractivity contribution in [1.29, 1.82) is 5.26 Å². The fourth-order valence-electron chi connectivity index (χ4n) is 2.73. The Hall–Kier alpha value is -2.27. The number of anilines is 1. The number of aryl methyl sites for hydroxylation is 1. The monoisotopic (exact) mass is 366 g/mol. The first-order chi connectivity index (χ1) is 11.6. The SMILES string of the molecule is CC(C)(C#N)CCCCCc1ccc(O)c(N2CC(=O)NS2(=O)=[OH+])c1. The van der Waals surface area contributed by atoms with Gasteiger partial charge in [-0.15, -0.1) is 4.21 Å². The van der Waals surface area contributed by atoms with Gasteiger partial charge >= 0.3 is 10.2 Å². The van der Waals surface area contributed by atoms with Crippen molar-refractivity contribution in [3.8, 4) is 11.8 Å². The zero-order chi connectivity index (χ0) is 18.7. The predicted molar refractivity (Wildman–Crippen MR) is 95.2 cm³/mol. The highest BCUT2D eigenvalue weighted by molar-refractivity contribution is 7.92. The summed E-state index contributed by atoms with van der Waals surface area (Å²) in [6, 6.07) is 7.17.